The Morgan fingerprint density at radius 3 is 2.84 bits per heavy atom. The molecule has 3 N–H and O–H groups in total. The topological polar surface area (TPSA) is 124 Å². The van der Waals surface area contributed by atoms with Gasteiger partial charge in [0.15, 0.2) is 11.4 Å². The number of carbonyl (C=O) groups excluding carboxylic acids is 1. The van der Waals surface area contributed by atoms with Crippen molar-refractivity contribution in [3.63, 3.8) is 0 Å². The quantitative estimate of drug-likeness (QED) is 0.568. The first-order valence-electron chi connectivity index (χ1n) is 10.6. The number of anilines is 4. The number of rotatable bonds is 4. The zero-order valence-electron chi connectivity index (χ0n) is 17.7. The molecule has 2 amide bonds. The SMILES string of the molecule is CN(C(=O)O)C1CCN(c2nc(Nc3ccc4c(c3)CCC(=O)N4)nc3ccoc23)CC1. The number of aryl methyl sites for hydroxylation is 1. The minimum atomic E-state index is -0.907. The first-order chi connectivity index (χ1) is 15.5. The summed E-state index contributed by atoms with van der Waals surface area (Å²) in [6, 6.07) is 7.57. The molecule has 0 aliphatic carbocycles. The summed E-state index contributed by atoms with van der Waals surface area (Å²) in [5.41, 5.74) is 4.08. The third-order valence-electron chi connectivity index (χ3n) is 6.16. The molecule has 2 aliphatic rings. The molecule has 1 aromatic carbocycles. The predicted molar refractivity (Wildman–Crippen MR) is 120 cm³/mol. The lowest BCUT2D eigenvalue weighted by Crippen LogP contribution is -2.45. The van der Waals surface area contributed by atoms with Gasteiger partial charge in [0.1, 0.15) is 5.52 Å². The monoisotopic (exact) mass is 436 g/mol. The molecule has 2 aromatic heterocycles. The van der Waals surface area contributed by atoms with Crippen LogP contribution in [0.4, 0.5) is 27.9 Å². The number of fused-ring (bicyclic) bond motifs is 2. The zero-order valence-corrected chi connectivity index (χ0v) is 17.7. The van der Waals surface area contributed by atoms with Gasteiger partial charge in [0, 0.05) is 50.0 Å². The lowest BCUT2D eigenvalue weighted by atomic mass is 10.0. The van der Waals surface area contributed by atoms with Crippen LogP contribution in [-0.4, -0.2) is 58.2 Å². The second-order valence-corrected chi connectivity index (χ2v) is 8.16. The van der Waals surface area contributed by atoms with Gasteiger partial charge in [-0.05, 0) is 43.0 Å². The summed E-state index contributed by atoms with van der Waals surface area (Å²) < 4.78 is 5.67. The lowest BCUT2D eigenvalue weighted by molar-refractivity contribution is -0.116. The van der Waals surface area contributed by atoms with E-state index in [-0.39, 0.29) is 11.9 Å². The molecule has 166 valence electrons. The zero-order chi connectivity index (χ0) is 22.2. The Balaban J connectivity index is 1.38. The molecule has 0 saturated carbocycles. The third-order valence-corrected chi connectivity index (χ3v) is 6.16. The van der Waals surface area contributed by atoms with Crippen LogP contribution in [0.15, 0.2) is 34.9 Å². The van der Waals surface area contributed by atoms with Crippen molar-refractivity contribution in [2.75, 3.05) is 35.7 Å². The van der Waals surface area contributed by atoms with Gasteiger partial charge in [-0.3, -0.25) is 4.79 Å². The number of carboxylic acid groups (broad SMARTS) is 1. The van der Waals surface area contributed by atoms with Crippen LogP contribution in [-0.2, 0) is 11.2 Å². The fraction of sp³-hybridized carbons (Fsp3) is 0.364. The van der Waals surface area contributed by atoms with Gasteiger partial charge in [0.25, 0.3) is 0 Å². The Morgan fingerprint density at radius 2 is 2.06 bits per heavy atom. The van der Waals surface area contributed by atoms with E-state index in [9.17, 15) is 14.7 Å². The number of furan rings is 1. The highest BCUT2D eigenvalue weighted by atomic mass is 16.4. The number of aromatic nitrogens is 2. The highest BCUT2D eigenvalue weighted by Crippen LogP contribution is 2.31. The van der Waals surface area contributed by atoms with Crippen molar-refractivity contribution >= 4 is 46.2 Å². The van der Waals surface area contributed by atoms with Gasteiger partial charge in [0.2, 0.25) is 11.9 Å². The number of amides is 2. The molecule has 1 saturated heterocycles. The summed E-state index contributed by atoms with van der Waals surface area (Å²) >= 11 is 0. The number of nitrogens with zero attached hydrogens (tertiary/aromatic N) is 4. The van der Waals surface area contributed by atoms with Crippen molar-refractivity contribution in [1.29, 1.82) is 0 Å². The van der Waals surface area contributed by atoms with Gasteiger partial charge in [0.05, 0.1) is 6.26 Å². The van der Waals surface area contributed by atoms with Crippen LogP contribution in [0.3, 0.4) is 0 Å². The molecule has 0 spiro atoms. The number of piperidine rings is 1. The van der Waals surface area contributed by atoms with Crippen LogP contribution in [0.5, 0.6) is 0 Å². The normalized spacial score (nSPS) is 16.5. The highest BCUT2D eigenvalue weighted by Gasteiger charge is 2.27. The average molecular weight is 436 g/mol. The van der Waals surface area contributed by atoms with Gasteiger partial charge in [-0.2, -0.15) is 4.98 Å². The molecule has 10 heteroatoms. The maximum atomic E-state index is 11.6. The summed E-state index contributed by atoms with van der Waals surface area (Å²) in [6.45, 7) is 1.35. The van der Waals surface area contributed by atoms with E-state index in [1.54, 1.807) is 19.4 Å². The van der Waals surface area contributed by atoms with Crippen molar-refractivity contribution in [3.05, 3.63) is 36.1 Å². The molecule has 5 rings (SSSR count). The molecule has 0 bridgehead atoms. The fourth-order valence-corrected chi connectivity index (χ4v) is 4.33. The molecule has 32 heavy (non-hydrogen) atoms. The number of carbonyl (C=O) groups is 2. The van der Waals surface area contributed by atoms with Crippen LogP contribution < -0.4 is 15.5 Å². The lowest BCUT2D eigenvalue weighted by Gasteiger charge is -2.36. The van der Waals surface area contributed by atoms with Gasteiger partial charge < -0.3 is 30.0 Å². The van der Waals surface area contributed by atoms with E-state index < -0.39 is 6.09 Å². The Bertz CT molecular complexity index is 1180. The van der Waals surface area contributed by atoms with Crippen LogP contribution in [0.1, 0.15) is 24.8 Å². The number of hydrogen-bond donors (Lipinski definition) is 3. The smallest absolute Gasteiger partial charge is 0.407 e. The van der Waals surface area contributed by atoms with E-state index in [0.717, 1.165) is 16.9 Å². The van der Waals surface area contributed by atoms with Crippen LogP contribution in [0.25, 0.3) is 11.1 Å². The molecule has 3 aromatic rings. The Kier molecular flexibility index (Phi) is 5.04. The van der Waals surface area contributed by atoms with Gasteiger partial charge >= 0.3 is 6.09 Å². The Labute approximate surface area is 184 Å². The fourth-order valence-electron chi connectivity index (χ4n) is 4.33. The molecule has 0 atom stereocenters. The second kappa shape index (κ2) is 8.03. The van der Waals surface area contributed by atoms with Crippen LogP contribution in [0, 0.1) is 0 Å². The minimum Gasteiger partial charge on any atom is -0.465 e. The molecule has 2 aliphatic heterocycles. The minimum absolute atomic E-state index is 0.00809. The van der Waals surface area contributed by atoms with Crippen LogP contribution >= 0.6 is 0 Å². The van der Waals surface area contributed by atoms with Gasteiger partial charge in [-0.15, -0.1) is 0 Å². The molecular weight excluding hydrogens is 412 g/mol. The van der Waals surface area contributed by atoms with E-state index in [4.69, 9.17) is 9.40 Å². The molecular formula is C22H24N6O4. The maximum absolute atomic E-state index is 11.6. The number of hydrogen-bond acceptors (Lipinski definition) is 7. The predicted octanol–water partition coefficient (Wildman–Crippen LogP) is 3.43. The van der Waals surface area contributed by atoms with Gasteiger partial charge in [-0.25, -0.2) is 9.78 Å². The molecule has 4 heterocycles. The molecule has 0 radical (unpaired) electrons. The van der Waals surface area contributed by atoms with Crippen molar-refractivity contribution < 1.29 is 19.1 Å². The standard InChI is InChI=1S/C22H24N6O4/c1-27(22(30)31)15-6-9-28(10-7-15)20-19-17(8-11-32-19)25-21(26-20)23-14-3-4-16-13(12-14)2-5-18(29)24-16/h3-4,8,11-12,15H,2,5-7,9-10H2,1H3,(H,24,29)(H,30,31)(H,23,25,26). The van der Waals surface area contributed by atoms with Crippen molar-refractivity contribution in [2.45, 2.75) is 31.7 Å². The van der Waals surface area contributed by atoms with E-state index in [0.29, 0.717) is 61.6 Å². The van der Waals surface area contributed by atoms with Gasteiger partial charge in [-0.1, -0.05) is 0 Å². The Morgan fingerprint density at radius 1 is 1.25 bits per heavy atom. The average Bonchev–Trinajstić information content (AvgIpc) is 3.27. The van der Waals surface area contributed by atoms with E-state index >= 15 is 0 Å². The summed E-state index contributed by atoms with van der Waals surface area (Å²) in [6.07, 6.45) is 3.30. The van der Waals surface area contributed by atoms with E-state index in [1.165, 1.54) is 4.90 Å². The summed E-state index contributed by atoms with van der Waals surface area (Å²) in [4.78, 5) is 35.7. The van der Waals surface area contributed by atoms with Crippen molar-refractivity contribution in [1.82, 2.24) is 14.9 Å². The van der Waals surface area contributed by atoms with Crippen LogP contribution in [0.2, 0.25) is 0 Å². The second-order valence-electron chi connectivity index (χ2n) is 8.16. The largest absolute Gasteiger partial charge is 0.465 e. The first kappa shape index (κ1) is 20.1. The summed E-state index contributed by atoms with van der Waals surface area (Å²) in [5.74, 6) is 1.19. The van der Waals surface area contributed by atoms with E-state index in [1.807, 2.05) is 18.2 Å². The number of nitrogens with one attached hydrogen (secondary N) is 2. The summed E-state index contributed by atoms with van der Waals surface area (Å²) in [5, 5.41) is 15.4. The number of benzene rings is 1. The molecule has 1 fully saturated rings. The Hall–Kier alpha value is -3.82. The molecule has 10 nitrogen and oxygen atoms in total. The van der Waals surface area contributed by atoms with E-state index in [2.05, 4.69) is 20.5 Å². The molecule has 0 unspecified atom stereocenters. The maximum Gasteiger partial charge on any atom is 0.407 e. The third kappa shape index (κ3) is 3.79. The first-order valence-corrected chi connectivity index (χ1v) is 10.6. The van der Waals surface area contributed by atoms with Crippen molar-refractivity contribution in [2.24, 2.45) is 0 Å². The van der Waals surface area contributed by atoms with Crippen molar-refractivity contribution in [3.8, 4) is 0 Å². The highest BCUT2D eigenvalue weighted by molar-refractivity contribution is 5.94. The summed E-state index contributed by atoms with van der Waals surface area (Å²) in [7, 11) is 1.62.